The molecule has 1 fully saturated rings. The molecule has 1 N–H and O–H groups in total. The second kappa shape index (κ2) is 7.07. The first kappa shape index (κ1) is 17.0. The average Bonchev–Trinajstić information content (AvgIpc) is 2.45. The van der Waals surface area contributed by atoms with Gasteiger partial charge < -0.3 is 15.0 Å². The first-order chi connectivity index (χ1) is 9.42. The van der Waals surface area contributed by atoms with Crippen LogP contribution in [0.3, 0.4) is 0 Å². The Kier molecular flexibility index (Phi) is 5.99. The average molecular weight is 284 g/mol. The second-order valence-electron chi connectivity index (χ2n) is 5.80. The zero-order chi connectivity index (χ0) is 15.3. The highest BCUT2D eigenvalue weighted by Gasteiger charge is 2.48. The molecule has 1 saturated heterocycles. The van der Waals surface area contributed by atoms with E-state index in [-0.39, 0.29) is 17.7 Å². The van der Waals surface area contributed by atoms with Gasteiger partial charge in [-0.05, 0) is 25.7 Å². The molecule has 3 atom stereocenters. The summed E-state index contributed by atoms with van der Waals surface area (Å²) in [5.41, 5.74) is -0.741. The molecule has 3 unspecified atom stereocenters. The Balaban J connectivity index is 2.95. The largest absolute Gasteiger partial charge is 0.385 e. The molecule has 0 aromatic rings. The molecule has 1 aliphatic heterocycles. The van der Waals surface area contributed by atoms with Gasteiger partial charge in [-0.2, -0.15) is 0 Å². The Hall–Kier alpha value is -1.10. The van der Waals surface area contributed by atoms with Crippen LogP contribution in [0.25, 0.3) is 0 Å². The number of piperazine rings is 1. The fourth-order valence-electron chi connectivity index (χ4n) is 2.59. The van der Waals surface area contributed by atoms with E-state index in [9.17, 15) is 9.59 Å². The van der Waals surface area contributed by atoms with E-state index in [1.807, 2.05) is 27.7 Å². The summed E-state index contributed by atoms with van der Waals surface area (Å²) in [6, 6.07) is -0.394. The smallest absolute Gasteiger partial charge is 0.246 e. The summed E-state index contributed by atoms with van der Waals surface area (Å²) in [5.74, 6) is 0.152. The maximum absolute atomic E-state index is 12.7. The molecule has 20 heavy (non-hydrogen) atoms. The van der Waals surface area contributed by atoms with Gasteiger partial charge in [0.1, 0.15) is 11.6 Å². The summed E-state index contributed by atoms with van der Waals surface area (Å²) in [4.78, 5) is 26.9. The lowest BCUT2D eigenvalue weighted by Gasteiger charge is -2.47. The number of rotatable bonds is 7. The van der Waals surface area contributed by atoms with Crippen LogP contribution in [-0.4, -0.2) is 48.6 Å². The van der Waals surface area contributed by atoms with E-state index in [0.29, 0.717) is 19.6 Å². The summed E-state index contributed by atoms with van der Waals surface area (Å²) in [7, 11) is 1.64. The molecule has 0 aliphatic carbocycles. The fourth-order valence-corrected chi connectivity index (χ4v) is 2.59. The van der Waals surface area contributed by atoms with E-state index in [1.54, 1.807) is 12.0 Å². The summed E-state index contributed by atoms with van der Waals surface area (Å²) in [6.45, 7) is 8.99. The Morgan fingerprint density at radius 1 is 1.40 bits per heavy atom. The van der Waals surface area contributed by atoms with E-state index in [0.717, 1.165) is 12.8 Å². The lowest BCUT2D eigenvalue weighted by Crippen LogP contribution is -2.70. The Labute approximate surface area is 122 Å². The minimum Gasteiger partial charge on any atom is -0.385 e. The van der Waals surface area contributed by atoms with Crippen LogP contribution >= 0.6 is 0 Å². The third kappa shape index (κ3) is 3.14. The van der Waals surface area contributed by atoms with Crippen molar-refractivity contribution in [3.63, 3.8) is 0 Å². The second-order valence-corrected chi connectivity index (χ2v) is 5.80. The third-order valence-electron chi connectivity index (χ3n) is 4.54. The third-order valence-corrected chi connectivity index (χ3v) is 4.54. The van der Waals surface area contributed by atoms with Crippen LogP contribution in [0.15, 0.2) is 0 Å². The van der Waals surface area contributed by atoms with Crippen molar-refractivity contribution in [1.29, 1.82) is 0 Å². The maximum atomic E-state index is 12.7. The zero-order valence-corrected chi connectivity index (χ0v) is 13.4. The van der Waals surface area contributed by atoms with Crippen molar-refractivity contribution in [3.05, 3.63) is 0 Å². The molecule has 1 heterocycles. The van der Waals surface area contributed by atoms with Crippen molar-refractivity contribution in [2.75, 3.05) is 20.3 Å². The first-order valence-electron chi connectivity index (χ1n) is 7.53. The highest BCUT2D eigenvalue weighted by atomic mass is 16.5. The van der Waals surface area contributed by atoms with Gasteiger partial charge in [0, 0.05) is 20.3 Å². The van der Waals surface area contributed by atoms with Crippen molar-refractivity contribution in [1.82, 2.24) is 10.2 Å². The summed E-state index contributed by atoms with van der Waals surface area (Å²) in [6.07, 6.45) is 2.23. The molecule has 0 aromatic heterocycles. The highest BCUT2D eigenvalue weighted by Crippen LogP contribution is 2.28. The highest BCUT2D eigenvalue weighted by molar-refractivity contribution is 5.99. The van der Waals surface area contributed by atoms with Crippen molar-refractivity contribution in [2.24, 2.45) is 5.92 Å². The van der Waals surface area contributed by atoms with Gasteiger partial charge in [0.2, 0.25) is 11.8 Å². The Bertz CT molecular complexity index is 359. The molecular formula is C15H28N2O3. The van der Waals surface area contributed by atoms with Gasteiger partial charge in [-0.1, -0.05) is 27.2 Å². The van der Waals surface area contributed by atoms with Crippen LogP contribution < -0.4 is 5.32 Å². The van der Waals surface area contributed by atoms with E-state index in [2.05, 4.69) is 5.32 Å². The van der Waals surface area contributed by atoms with Crippen molar-refractivity contribution in [3.8, 4) is 0 Å². The van der Waals surface area contributed by atoms with E-state index >= 15 is 0 Å². The predicted octanol–water partition coefficient (Wildman–Crippen LogP) is 1.56. The zero-order valence-electron chi connectivity index (χ0n) is 13.4. The van der Waals surface area contributed by atoms with Gasteiger partial charge in [0.25, 0.3) is 0 Å². The number of nitrogens with one attached hydrogen (secondary N) is 1. The number of hydrogen-bond acceptors (Lipinski definition) is 3. The first-order valence-corrected chi connectivity index (χ1v) is 7.53. The van der Waals surface area contributed by atoms with Crippen LogP contribution in [0, 0.1) is 5.92 Å². The molecule has 1 aliphatic rings. The predicted molar refractivity (Wildman–Crippen MR) is 78.3 cm³/mol. The van der Waals surface area contributed by atoms with Crippen LogP contribution in [0.5, 0.6) is 0 Å². The van der Waals surface area contributed by atoms with Gasteiger partial charge in [-0.15, -0.1) is 0 Å². The SMILES string of the molecule is CCC(C)C1NC(=O)C(C)(CC)N(CCCOC)C1=O. The van der Waals surface area contributed by atoms with E-state index in [4.69, 9.17) is 4.74 Å². The van der Waals surface area contributed by atoms with E-state index < -0.39 is 11.6 Å². The number of amides is 2. The fraction of sp³-hybridized carbons (Fsp3) is 0.867. The van der Waals surface area contributed by atoms with Gasteiger partial charge >= 0.3 is 0 Å². The van der Waals surface area contributed by atoms with Crippen LogP contribution in [0.2, 0.25) is 0 Å². The summed E-state index contributed by atoms with van der Waals surface area (Å²) < 4.78 is 5.05. The number of nitrogens with zero attached hydrogens (tertiary/aromatic N) is 1. The van der Waals surface area contributed by atoms with Crippen LogP contribution in [0.1, 0.15) is 47.0 Å². The number of hydrogen-bond donors (Lipinski definition) is 1. The van der Waals surface area contributed by atoms with Crippen molar-refractivity contribution in [2.45, 2.75) is 58.5 Å². The molecule has 0 spiro atoms. The topological polar surface area (TPSA) is 58.6 Å². The molecule has 0 radical (unpaired) electrons. The lowest BCUT2D eigenvalue weighted by molar-refractivity contribution is -0.158. The molecule has 5 nitrogen and oxygen atoms in total. The molecule has 0 aromatic carbocycles. The van der Waals surface area contributed by atoms with Gasteiger partial charge in [0.05, 0.1) is 0 Å². The molecular weight excluding hydrogens is 256 g/mol. The van der Waals surface area contributed by atoms with E-state index in [1.165, 1.54) is 0 Å². The number of carbonyl (C=O) groups is 2. The minimum atomic E-state index is -0.741. The molecule has 5 heteroatoms. The van der Waals surface area contributed by atoms with Crippen LogP contribution in [-0.2, 0) is 14.3 Å². The molecule has 2 amide bonds. The molecule has 0 saturated carbocycles. The summed E-state index contributed by atoms with van der Waals surface area (Å²) in [5, 5.41) is 2.92. The number of carbonyl (C=O) groups excluding carboxylic acids is 2. The normalized spacial score (nSPS) is 28.4. The Morgan fingerprint density at radius 2 is 2.05 bits per heavy atom. The van der Waals surface area contributed by atoms with Gasteiger partial charge in [-0.25, -0.2) is 0 Å². The monoisotopic (exact) mass is 284 g/mol. The minimum absolute atomic E-state index is 0.0395. The quantitative estimate of drug-likeness (QED) is 0.722. The number of methoxy groups -OCH3 is 1. The molecule has 1 rings (SSSR count). The molecule has 116 valence electrons. The maximum Gasteiger partial charge on any atom is 0.246 e. The standard InChI is InChI=1S/C15H28N2O3/c1-6-11(3)12-13(18)17(9-8-10-20-5)15(4,7-2)14(19)16-12/h11-12H,6-10H2,1-5H3,(H,16,19). The summed E-state index contributed by atoms with van der Waals surface area (Å²) >= 11 is 0. The van der Waals surface area contributed by atoms with Crippen molar-refractivity contribution < 1.29 is 14.3 Å². The number of ether oxygens (including phenoxy) is 1. The Morgan fingerprint density at radius 3 is 2.55 bits per heavy atom. The lowest BCUT2D eigenvalue weighted by atomic mass is 9.86. The molecule has 0 bridgehead atoms. The van der Waals surface area contributed by atoms with Crippen LogP contribution in [0.4, 0.5) is 0 Å². The van der Waals surface area contributed by atoms with Gasteiger partial charge in [0.15, 0.2) is 0 Å². The van der Waals surface area contributed by atoms with Crippen molar-refractivity contribution >= 4 is 11.8 Å². The van der Waals surface area contributed by atoms with Gasteiger partial charge in [-0.3, -0.25) is 9.59 Å².